The fourth-order valence-corrected chi connectivity index (χ4v) is 2.27. The Morgan fingerprint density at radius 2 is 1.89 bits per heavy atom. The van der Waals surface area contributed by atoms with Crippen LogP contribution in [0.5, 0.6) is 0 Å². The van der Waals surface area contributed by atoms with Gasteiger partial charge in [0.2, 0.25) is 0 Å². The van der Waals surface area contributed by atoms with Crippen molar-refractivity contribution in [3.8, 4) is 0 Å². The number of rotatable bonds is 3. The summed E-state index contributed by atoms with van der Waals surface area (Å²) >= 11 is 0. The average Bonchev–Trinajstić information content (AvgIpc) is 2.80. The molecule has 1 N–H and O–H groups in total. The monoisotopic (exact) mass is 274 g/mol. The molecule has 2 rings (SSSR count). The SMILES string of the molecule is O=[N+]([O-])c1cc(C(F)(F)F)ccc1NC1CCCC1. The van der Waals surface area contributed by atoms with Crippen molar-refractivity contribution in [3.63, 3.8) is 0 Å². The lowest BCUT2D eigenvalue weighted by atomic mass is 10.1. The van der Waals surface area contributed by atoms with Gasteiger partial charge in [-0.2, -0.15) is 13.2 Å². The van der Waals surface area contributed by atoms with Gasteiger partial charge in [0.25, 0.3) is 5.69 Å². The molecule has 0 spiro atoms. The van der Waals surface area contributed by atoms with Crippen molar-refractivity contribution in [3.05, 3.63) is 33.9 Å². The van der Waals surface area contributed by atoms with E-state index in [0.717, 1.165) is 37.8 Å². The number of hydrogen-bond donors (Lipinski definition) is 1. The summed E-state index contributed by atoms with van der Waals surface area (Å²) < 4.78 is 37.6. The molecule has 7 heteroatoms. The quantitative estimate of drug-likeness (QED) is 0.670. The Labute approximate surface area is 107 Å². The number of nitrogens with one attached hydrogen (secondary N) is 1. The maximum atomic E-state index is 12.5. The number of hydrogen-bond acceptors (Lipinski definition) is 3. The topological polar surface area (TPSA) is 55.2 Å². The van der Waals surface area contributed by atoms with Crippen LogP contribution in [-0.4, -0.2) is 11.0 Å². The van der Waals surface area contributed by atoms with Crippen LogP contribution in [0.3, 0.4) is 0 Å². The lowest BCUT2D eigenvalue weighted by Crippen LogP contribution is -2.16. The summed E-state index contributed by atoms with van der Waals surface area (Å²) in [7, 11) is 0. The highest BCUT2D eigenvalue weighted by Gasteiger charge is 2.33. The van der Waals surface area contributed by atoms with E-state index in [0.29, 0.717) is 6.07 Å². The molecule has 1 aliphatic carbocycles. The molecule has 1 aromatic carbocycles. The van der Waals surface area contributed by atoms with Crippen molar-refractivity contribution in [1.29, 1.82) is 0 Å². The standard InChI is InChI=1S/C12H13F3N2O2/c13-12(14,15)8-5-6-10(11(7-8)17(18)19)16-9-3-1-2-4-9/h5-7,9,16H,1-4H2. The molecule has 104 valence electrons. The third-order valence-corrected chi connectivity index (χ3v) is 3.24. The van der Waals surface area contributed by atoms with Crippen molar-refractivity contribution < 1.29 is 18.1 Å². The van der Waals surface area contributed by atoms with Gasteiger partial charge in [0.1, 0.15) is 5.69 Å². The summed E-state index contributed by atoms with van der Waals surface area (Å²) in [6.45, 7) is 0. The molecular weight excluding hydrogens is 261 g/mol. The van der Waals surface area contributed by atoms with Gasteiger partial charge in [-0.05, 0) is 25.0 Å². The highest BCUT2D eigenvalue weighted by Crippen LogP contribution is 2.36. The molecule has 0 bridgehead atoms. The molecule has 0 radical (unpaired) electrons. The van der Waals surface area contributed by atoms with Crippen LogP contribution in [0.4, 0.5) is 24.5 Å². The second-order valence-corrected chi connectivity index (χ2v) is 4.61. The third kappa shape index (κ3) is 3.15. The minimum Gasteiger partial charge on any atom is -0.377 e. The molecule has 0 atom stereocenters. The van der Waals surface area contributed by atoms with Crippen LogP contribution in [-0.2, 0) is 6.18 Å². The zero-order valence-corrected chi connectivity index (χ0v) is 10.0. The highest BCUT2D eigenvalue weighted by molar-refractivity contribution is 5.63. The molecule has 4 nitrogen and oxygen atoms in total. The number of nitro groups is 1. The Morgan fingerprint density at radius 3 is 2.42 bits per heavy atom. The van der Waals surface area contributed by atoms with Gasteiger partial charge in [0, 0.05) is 12.1 Å². The van der Waals surface area contributed by atoms with E-state index in [9.17, 15) is 23.3 Å². The molecule has 0 unspecified atom stereocenters. The number of nitrogens with zero attached hydrogens (tertiary/aromatic N) is 1. The summed E-state index contributed by atoms with van der Waals surface area (Å²) in [5.41, 5.74) is -1.37. The first kappa shape index (κ1) is 13.6. The molecule has 0 aliphatic heterocycles. The summed E-state index contributed by atoms with van der Waals surface area (Å²) in [5.74, 6) is 0. The van der Waals surface area contributed by atoms with Gasteiger partial charge >= 0.3 is 6.18 Å². The molecule has 1 aliphatic rings. The van der Waals surface area contributed by atoms with Crippen molar-refractivity contribution in [2.75, 3.05) is 5.32 Å². The number of anilines is 1. The zero-order chi connectivity index (χ0) is 14.0. The highest BCUT2D eigenvalue weighted by atomic mass is 19.4. The molecule has 0 amide bonds. The van der Waals surface area contributed by atoms with Crippen molar-refractivity contribution in [2.24, 2.45) is 0 Å². The maximum absolute atomic E-state index is 12.5. The summed E-state index contributed by atoms with van der Waals surface area (Å²) in [6, 6.07) is 2.69. The predicted molar refractivity (Wildman–Crippen MR) is 64.0 cm³/mol. The van der Waals surface area contributed by atoms with Gasteiger partial charge < -0.3 is 5.32 Å². The minimum atomic E-state index is -4.57. The van der Waals surface area contributed by atoms with E-state index in [-0.39, 0.29) is 11.7 Å². The smallest absolute Gasteiger partial charge is 0.377 e. The van der Waals surface area contributed by atoms with Crippen LogP contribution in [0.2, 0.25) is 0 Å². The summed E-state index contributed by atoms with van der Waals surface area (Å²) in [4.78, 5) is 10.1. The predicted octanol–water partition coefficient (Wildman–Crippen LogP) is 3.97. The average molecular weight is 274 g/mol. The van der Waals surface area contributed by atoms with E-state index in [2.05, 4.69) is 5.32 Å². The van der Waals surface area contributed by atoms with Crippen molar-refractivity contribution in [2.45, 2.75) is 37.9 Å². The molecule has 19 heavy (non-hydrogen) atoms. The van der Waals surface area contributed by atoms with Crippen molar-refractivity contribution >= 4 is 11.4 Å². The zero-order valence-electron chi connectivity index (χ0n) is 10.0. The van der Waals surface area contributed by atoms with E-state index in [4.69, 9.17) is 0 Å². The van der Waals surface area contributed by atoms with Crippen LogP contribution >= 0.6 is 0 Å². The lowest BCUT2D eigenvalue weighted by molar-refractivity contribution is -0.384. The molecule has 1 saturated carbocycles. The van der Waals surface area contributed by atoms with Crippen LogP contribution in [0.25, 0.3) is 0 Å². The van der Waals surface area contributed by atoms with Gasteiger partial charge in [-0.15, -0.1) is 0 Å². The Balaban J connectivity index is 2.29. The van der Waals surface area contributed by atoms with Crippen molar-refractivity contribution in [1.82, 2.24) is 0 Å². The van der Waals surface area contributed by atoms with Gasteiger partial charge in [-0.3, -0.25) is 10.1 Å². The first-order valence-electron chi connectivity index (χ1n) is 6.00. The molecular formula is C12H13F3N2O2. The van der Waals surface area contributed by atoms with E-state index < -0.39 is 22.4 Å². The lowest BCUT2D eigenvalue weighted by Gasteiger charge is -2.14. The molecule has 0 saturated heterocycles. The Bertz CT molecular complexity index is 482. The second-order valence-electron chi connectivity index (χ2n) is 4.61. The molecule has 1 aromatic rings. The van der Waals surface area contributed by atoms with Gasteiger partial charge in [0.15, 0.2) is 0 Å². The fraction of sp³-hybridized carbons (Fsp3) is 0.500. The van der Waals surface area contributed by atoms with E-state index >= 15 is 0 Å². The fourth-order valence-electron chi connectivity index (χ4n) is 2.27. The first-order chi connectivity index (χ1) is 8.88. The van der Waals surface area contributed by atoms with Crippen LogP contribution in [0, 0.1) is 10.1 Å². The largest absolute Gasteiger partial charge is 0.416 e. The van der Waals surface area contributed by atoms with E-state index in [1.54, 1.807) is 0 Å². The molecule has 0 aromatic heterocycles. The Kier molecular flexibility index (Phi) is 3.64. The number of benzene rings is 1. The van der Waals surface area contributed by atoms with Gasteiger partial charge in [-0.1, -0.05) is 12.8 Å². The number of alkyl halides is 3. The normalized spacial score (nSPS) is 16.6. The second kappa shape index (κ2) is 5.07. The van der Waals surface area contributed by atoms with Crippen LogP contribution in [0.15, 0.2) is 18.2 Å². The number of nitro benzene ring substituents is 1. The van der Waals surface area contributed by atoms with E-state index in [1.165, 1.54) is 0 Å². The first-order valence-corrected chi connectivity index (χ1v) is 6.00. The Hall–Kier alpha value is -1.79. The molecule has 1 fully saturated rings. The Morgan fingerprint density at radius 1 is 1.26 bits per heavy atom. The summed E-state index contributed by atoms with van der Waals surface area (Å²) in [5, 5.41) is 13.8. The third-order valence-electron chi connectivity index (χ3n) is 3.24. The summed E-state index contributed by atoms with van der Waals surface area (Å²) in [6.07, 6.45) is -0.731. The van der Waals surface area contributed by atoms with E-state index in [1.807, 2.05) is 0 Å². The van der Waals surface area contributed by atoms with Gasteiger partial charge in [0.05, 0.1) is 10.5 Å². The molecule has 0 heterocycles. The van der Waals surface area contributed by atoms with Gasteiger partial charge in [-0.25, -0.2) is 0 Å². The van der Waals surface area contributed by atoms with Crippen LogP contribution in [0.1, 0.15) is 31.2 Å². The minimum absolute atomic E-state index is 0.107. The van der Waals surface area contributed by atoms with Crippen LogP contribution < -0.4 is 5.32 Å². The maximum Gasteiger partial charge on any atom is 0.416 e. The number of halogens is 3.